The van der Waals surface area contributed by atoms with Gasteiger partial charge in [-0.3, -0.25) is 9.78 Å². The molecule has 0 atom stereocenters. The number of hydrogen-bond acceptors (Lipinski definition) is 3. The maximum Gasteiger partial charge on any atom is 0.319 e. The molecule has 1 aromatic rings. The van der Waals surface area contributed by atoms with Crippen molar-refractivity contribution >= 4 is 11.9 Å². The van der Waals surface area contributed by atoms with E-state index in [2.05, 4.69) is 10.3 Å². The normalized spacial score (nSPS) is 13.9. The monoisotopic (exact) mass is 290 g/mol. The van der Waals surface area contributed by atoms with Crippen LogP contribution in [0, 0.1) is 0 Å². The molecule has 1 aliphatic rings. The van der Waals surface area contributed by atoms with Crippen molar-refractivity contribution in [3.8, 4) is 0 Å². The van der Waals surface area contributed by atoms with Crippen LogP contribution in [0.2, 0.25) is 0 Å². The maximum absolute atomic E-state index is 12.2. The van der Waals surface area contributed by atoms with Crippen LogP contribution in [-0.4, -0.2) is 53.4 Å². The number of hydrogen-bond donors (Lipinski definition) is 1. The molecule has 0 spiro atoms. The molecule has 6 heteroatoms. The molecule has 1 aliphatic heterocycles. The molecular weight excluding hydrogens is 268 g/mol. The number of rotatable bonds is 2. The largest absolute Gasteiger partial charge is 0.350 e. The molecule has 1 aromatic heterocycles. The lowest BCUT2D eigenvalue weighted by Crippen LogP contribution is -2.42. The first-order chi connectivity index (χ1) is 9.90. The minimum atomic E-state index is -0.0956. The van der Waals surface area contributed by atoms with E-state index in [-0.39, 0.29) is 18.0 Å². The van der Waals surface area contributed by atoms with Gasteiger partial charge in [-0.05, 0) is 31.4 Å². The number of fused-ring (bicyclic) bond motifs is 1. The minimum Gasteiger partial charge on any atom is -0.350 e. The molecule has 2 rings (SSSR count). The number of urea groups is 1. The van der Waals surface area contributed by atoms with Crippen molar-refractivity contribution in [3.05, 3.63) is 29.1 Å². The molecule has 0 saturated carbocycles. The average Bonchev–Trinajstić information content (AvgIpc) is 2.44. The van der Waals surface area contributed by atoms with Gasteiger partial charge in [-0.2, -0.15) is 0 Å². The molecule has 0 bridgehead atoms. The average molecular weight is 290 g/mol. The Kier molecular flexibility index (Phi) is 4.45. The highest BCUT2D eigenvalue weighted by molar-refractivity contribution is 5.96. The summed E-state index contributed by atoms with van der Waals surface area (Å²) in [5, 5.41) is 2.89. The van der Waals surface area contributed by atoms with E-state index in [1.165, 1.54) is 0 Å². The summed E-state index contributed by atoms with van der Waals surface area (Å²) < 4.78 is 0. The quantitative estimate of drug-likeness (QED) is 0.891. The van der Waals surface area contributed by atoms with Gasteiger partial charge in [0, 0.05) is 45.6 Å². The smallest absolute Gasteiger partial charge is 0.319 e. The highest BCUT2D eigenvalue weighted by Gasteiger charge is 2.25. The van der Waals surface area contributed by atoms with Gasteiger partial charge in [-0.15, -0.1) is 0 Å². The lowest BCUT2D eigenvalue weighted by atomic mass is 9.96. The Balaban J connectivity index is 2.23. The molecule has 0 radical (unpaired) electrons. The summed E-state index contributed by atoms with van der Waals surface area (Å²) in [7, 11) is 3.48. The predicted octanol–water partition coefficient (Wildman–Crippen LogP) is 1.26. The Bertz CT molecular complexity index is 555. The summed E-state index contributed by atoms with van der Waals surface area (Å²) >= 11 is 0. The molecule has 2 heterocycles. The zero-order valence-electron chi connectivity index (χ0n) is 13.0. The van der Waals surface area contributed by atoms with Gasteiger partial charge in [-0.25, -0.2) is 4.79 Å². The Morgan fingerprint density at radius 2 is 2.05 bits per heavy atom. The van der Waals surface area contributed by atoms with Crippen molar-refractivity contribution in [2.45, 2.75) is 32.9 Å². The highest BCUT2D eigenvalue weighted by atomic mass is 16.2. The molecule has 0 aromatic carbocycles. The van der Waals surface area contributed by atoms with Crippen molar-refractivity contribution < 1.29 is 9.59 Å². The van der Waals surface area contributed by atoms with Crippen LogP contribution in [0.1, 0.15) is 35.3 Å². The van der Waals surface area contributed by atoms with Crippen molar-refractivity contribution in [1.82, 2.24) is 20.1 Å². The van der Waals surface area contributed by atoms with Gasteiger partial charge in [-0.1, -0.05) is 0 Å². The topological polar surface area (TPSA) is 65.5 Å². The molecule has 0 unspecified atom stereocenters. The molecule has 6 nitrogen and oxygen atoms in total. The van der Waals surface area contributed by atoms with Crippen LogP contribution >= 0.6 is 0 Å². The molecule has 0 saturated heterocycles. The van der Waals surface area contributed by atoms with Crippen LogP contribution in [0.5, 0.6) is 0 Å². The van der Waals surface area contributed by atoms with Gasteiger partial charge >= 0.3 is 6.03 Å². The zero-order valence-corrected chi connectivity index (χ0v) is 13.0. The zero-order chi connectivity index (χ0) is 15.6. The van der Waals surface area contributed by atoms with Gasteiger partial charge in [0.1, 0.15) is 0 Å². The fourth-order valence-corrected chi connectivity index (χ4v) is 2.48. The van der Waals surface area contributed by atoms with E-state index >= 15 is 0 Å². The molecular formula is C15H22N4O2. The number of nitrogens with zero attached hydrogens (tertiary/aromatic N) is 3. The van der Waals surface area contributed by atoms with Crippen molar-refractivity contribution in [3.63, 3.8) is 0 Å². The van der Waals surface area contributed by atoms with Crippen LogP contribution in [0.15, 0.2) is 12.4 Å². The fraction of sp³-hybridized carbons (Fsp3) is 0.533. The summed E-state index contributed by atoms with van der Waals surface area (Å²) in [5.41, 5.74) is 2.58. The Hall–Kier alpha value is -2.11. The van der Waals surface area contributed by atoms with Crippen LogP contribution in [-0.2, 0) is 13.0 Å². The van der Waals surface area contributed by atoms with Gasteiger partial charge in [0.15, 0.2) is 0 Å². The Morgan fingerprint density at radius 1 is 1.33 bits per heavy atom. The summed E-state index contributed by atoms with van der Waals surface area (Å²) in [6.45, 7) is 4.98. The van der Waals surface area contributed by atoms with Gasteiger partial charge < -0.3 is 15.1 Å². The molecule has 0 aliphatic carbocycles. The number of carbonyl (C=O) groups is 2. The van der Waals surface area contributed by atoms with Crippen molar-refractivity contribution in [2.75, 3.05) is 20.6 Å². The van der Waals surface area contributed by atoms with Crippen LogP contribution < -0.4 is 5.32 Å². The summed E-state index contributed by atoms with van der Waals surface area (Å²) in [5.74, 6) is -0.0956. The lowest BCUT2D eigenvalue weighted by Gasteiger charge is -2.31. The SMILES string of the molecule is CC(C)NC(=O)c1cncc2c1CCN(C(=O)N(C)C)C2. The van der Waals surface area contributed by atoms with E-state index < -0.39 is 0 Å². The molecule has 0 fully saturated rings. The van der Waals surface area contributed by atoms with E-state index in [1.807, 2.05) is 13.8 Å². The number of amides is 3. The molecule has 114 valence electrons. The van der Waals surface area contributed by atoms with Crippen LogP contribution in [0.25, 0.3) is 0 Å². The molecule has 21 heavy (non-hydrogen) atoms. The number of pyridine rings is 1. The predicted molar refractivity (Wildman–Crippen MR) is 80.0 cm³/mol. The maximum atomic E-state index is 12.2. The summed E-state index contributed by atoms with van der Waals surface area (Å²) in [6, 6.07) is 0.0708. The fourth-order valence-electron chi connectivity index (χ4n) is 2.48. The Morgan fingerprint density at radius 3 is 2.67 bits per heavy atom. The van der Waals surface area contributed by atoms with Gasteiger partial charge in [0.25, 0.3) is 5.91 Å². The second-order valence-corrected chi connectivity index (χ2v) is 5.80. The number of carbonyl (C=O) groups excluding carboxylic acids is 2. The standard InChI is InChI=1S/C15H22N4O2/c1-10(2)17-14(20)13-8-16-7-11-9-19(6-5-12(11)13)15(21)18(3)4/h7-8,10H,5-6,9H2,1-4H3,(H,17,20). The van der Waals surface area contributed by atoms with E-state index in [0.29, 0.717) is 25.1 Å². The third-order valence-corrected chi connectivity index (χ3v) is 3.46. The van der Waals surface area contributed by atoms with E-state index in [0.717, 1.165) is 11.1 Å². The van der Waals surface area contributed by atoms with Crippen LogP contribution in [0.3, 0.4) is 0 Å². The van der Waals surface area contributed by atoms with E-state index in [1.54, 1.807) is 36.3 Å². The van der Waals surface area contributed by atoms with Crippen molar-refractivity contribution in [1.29, 1.82) is 0 Å². The third-order valence-electron chi connectivity index (χ3n) is 3.46. The Labute approximate surface area is 125 Å². The number of aromatic nitrogens is 1. The lowest BCUT2D eigenvalue weighted by molar-refractivity contribution is 0.0941. The van der Waals surface area contributed by atoms with Gasteiger partial charge in [0.2, 0.25) is 0 Å². The molecule has 3 amide bonds. The van der Waals surface area contributed by atoms with E-state index in [9.17, 15) is 9.59 Å². The summed E-state index contributed by atoms with van der Waals surface area (Å²) in [6.07, 6.45) is 4.04. The first-order valence-corrected chi connectivity index (χ1v) is 7.13. The van der Waals surface area contributed by atoms with E-state index in [4.69, 9.17) is 0 Å². The number of nitrogens with one attached hydrogen (secondary N) is 1. The third kappa shape index (κ3) is 3.32. The van der Waals surface area contributed by atoms with Crippen LogP contribution in [0.4, 0.5) is 4.79 Å². The second-order valence-electron chi connectivity index (χ2n) is 5.80. The first-order valence-electron chi connectivity index (χ1n) is 7.13. The second kappa shape index (κ2) is 6.11. The van der Waals surface area contributed by atoms with Gasteiger partial charge in [0.05, 0.1) is 5.56 Å². The van der Waals surface area contributed by atoms with Crippen molar-refractivity contribution in [2.24, 2.45) is 0 Å². The first kappa shape index (κ1) is 15.3. The molecule has 1 N–H and O–H groups in total. The highest BCUT2D eigenvalue weighted by Crippen LogP contribution is 2.22. The summed E-state index contributed by atoms with van der Waals surface area (Å²) in [4.78, 5) is 31.7. The minimum absolute atomic E-state index is 0.0160.